The first-order chi connectivity index (χ1) is 19.8. The van der Waals surface area contributed by atoms with E-state index in [9.17, 15) is 13.7 Å². The molecule has 0 aliphatic carbocycles. The van der Waals surface area contributed by atoms with E-state index >= 15 is 0 Å². The molecule has 41 heavy (non-hydrogen) atoms. The van der Waals surface area contributed by atoms with Gasteiger partial charge in [0.2, 0.25) is 0 Å². The quantitative estimate of drug-likeness (QED) is 0.218. The summed E-state index contributed by atoms with van der Waals surface area (Å²) in [5.41, 5.74) is 14.1. The van der Waals surface area contributed by atoms with Crippen LogP contribution in [-0.2, 0) is 0 Å². The van der Waals surface area contributed by atoms with Crippen molar-refractivity contribution in [1.82, 2.24) is 9.80 Å². The Morgan fingerprint density at radius 2 is 1.66 bits per heavy atom. The Hall–Kier alpha value is -3.31. The standard InChI is InChI=1S/C31H34AsClN4O4/c33-26-12-10-25(11-13-26)29(24-7-2-1-3-8-24)37-18-16-36(17-19-37)20-21-41-28-14-9-23(22-27(28)30(34)38)6-4-5-15-32(40)31(35)39/h1-3,7-14,22,29,40H,5,15-21H2,(H2,34,38)(H2,35,39). The van der Waals surface area contributed by atoms with E-state index in [0.29, 0.717) is 29.5 Å². The van der Waals surface area contributed by atoms with Crippen molar-refractivity contribution >= 4 is 37.2 Å². The van der Waals surface area contributed by atoms with Crippen molar-refractivity contribution in [2.75, 3.05) is 39.3 Å². The van der Waals surface area contributed by atoms with Gasteiger partial charge in [-0.1, -0.05) is 54.1 Å². The zero-order valence-corrected chi connectivity index (χ0v) is 25.3. The molecule has 0 bridgehead atoms. The fraction of sp³-hybridized carbons (Fsp3) is 0.290. The summed E-state index contributed by atoms with van der Waals surface area (Å²) in [6.45, 7) is 4.73. The average Bonchev–Trinajstić information content (AvgIpc) is 2.98. The molecule has 1 aliphatic heterocycles. The molecule has 4 rings (SSSR count). The smallest absolute Gasteiger partial charge is 0.290 e. The molecular weight excluding hydrogens is 603 g/mol. The van der Waals surface area contributed by atoms with Gasteiger partial charge in [-0.05, 0) is 23.3 Å². The van der Waals surface area contributed by atoms with E-state index in [-0.39, 0.29) is 11.6 Å². The summed E-state index contributed by atoms with van der Waals surface area (Å²) in [7, 11) is 0. The number of rotatable bonds is 11. The number of halogens is 1. The van der Waals surface area contributed by atoms with Gasteiger partial charge < -0.3 is 0 Å². The molecule has 0 saturated carbocycles. The maximum atomic E-state index is 12.1. The van der Waals surface area contributed by atoms with Crippen LogP contribution in [0.3, 0.4) is 0 Å². The van der Waals surface area contributed by atoms with Crippen molar-refractivity contribution in [3.8, 4) is 17.6 Å². The van der Waals surface area contributed by atoms with E-state index in [1.165, 1.54) is 11.1 Å². The number of hydrogen-bond donors (Lipinski definition) is 3. The monoisotopic (exact) mass is 636 g/mol. The van der Waals surface area contributed by atoms with E-state index < -0.39 is 25.6 Å². The van der Waals surface area contributed by atoms with Crippen LogP contribution in [0.25, 0.3) is 0 Å². The number of primary amides is 2. The van der Waals surface area contributed by atoms with Crippen LogP contribution in [0.1, 0.15) is 39.5 Å². The molecule has 5 N–H and O–H groups in total. The van der Waals surface area contributed by atoms with Gasteiger partial charge in [-0.2, -0.15) is 0 Å². The van der Waals surface area contributed by atoms with Crippen molar-refractivity contribution in [1.29, 1.82) is 0 Å². The molecular formula is C31H34AsClN4O4. The van der Waals surface area contributed by atoms with Gasteiger partial charge >= 0.3 is 132 Å². The molecule has 10 heteroatoms. The number of amides is 2. The number of hydrogen-bond acceptors (Lipinski definition) is 6. The Morgan fingerprint density at radius 1 is 0.976 bits per heavy atom. The first-order valence-electron chi connectivity index (χ1n) is 13.4. The molecule has 1 fully saturated rings. The van der Waals surface area contributed by atoms with E-state index in [4.69, 9.17) is 27.8 Å². The molecule has 0 radical (unpaired) electrons. The van der Waals surface area contributed by atoms with Crippen molar-refractivity contribution in [2.24, 2.45) is 11.5 Å². The third kappa shape index (κ3) is 8.83. The van der Waals surface area contributed by atoms with Gasteiger partial charge in [-0.15, -0.1) is 0 Å². The fourth-order valence-corrected chi connectivity index (χ4v) is 6.05. The van der Waals surface area contributed by atoms with Crippen LogP contribution < -0.4 is 16.2 Å². The van der Waals surface area contributed by atoms with Crippen molar-refractivity contribution < 1.29 is 18.4 Å². The first kappa shape index (κ1) is 30.6. The van der Waals surface area contributed by atoms with Crippen LogP contribution in [0.4, 0.5) is 4.79 Å². The topological polar surface area (TPSA) is 122 Å². The van der Waals surface area contributed by atoms with Crippen molar-refractivity contribution in [2.45, 2.75) is 17.7 Å². The predicted molar refractivity (Wildman–Crippen MR) is 162 cm³/mol. The number of nitrogens with two attached hydrogens (primary N) is 2. The second kappa shape index (κ2) is 15.1. The van der Waals surface area contributed by atoms with Gasteiger partial charge in [0.1, 0.15) is 0 Å². The van der Waals surface area contributed by atoms with E-state index in [0.717, 1.165) is 37.7 Å². The molecule has 1 aliphatic rings. The Bertz CT molecular complexity index is 1390. The minimum Gasteiger partial charge on any atom is -0.290 e. The molecule has 2 amide bonds. The van der Waals surface area contributed by atoms with E-state index in [1.54, 1.807) is 18.2 Å². The Morgan fingerprint density at radius 3 is 2.32 bits per heavy atom. The molecule has 1 saturated heterocycles. The summed E-state index contributed by atoms with van der Waals surface area (Å²) in [6, 6.07) is 23.8. The zero-order chi connectivity index (χ0) is 29.2. The van der Waals surface area contributed by atoms with Crippen molar-refractivity contribution in [3.63, 3.8) is 0 Å². The van der Waals surface area contributed by atoms with Crippen LogP contribution in [0, 0.1) is 11.8 Å². The SMILES string of the molecule is NC(=O)c1cc(C#CCC[As](O)C(N)=O)ccc1OCCN1CCN(C(c2ccccc2)c2ccc(Cl)cc2)CC1. The molecule has 3 aromatic rings. The number of piperazine rings is 1. The van der Waals surface area contributed by atoms with Crippen LogP contribution in [0.2, 0.25) is 10.2 Å². The number of carbonyl (C=O) groups is 2. The zero-order valence-electron chi connectivity index (χ0n) is 22.7. The maximum absolute atomic E-state index is 12.1. The minimum atomic E-state index is -2.64. The molecule has 2 atom stereocenters. The number of benzene rings is 3. The molecule has 3 aromatic carbocycles. The number of nitrogens with zero attached hydrogens (tertiary/aromatic N) is 2. The summed E-state index contributed by atoms with van der Waals surface area (Å²) in [6.07, 6.45) is 0.350. The Balaban J connectivity index is 1.31. The number of carbonyl (C=O) groups excluding carboxylic acids is 2. The van der Waals surface area contributed by atoms with E-state index in [1.807, 2.05) is 18.2 Å². The second-order valence-electron chi connectivity index (χ2n) is 9.68. The second-order valence-corrected chi connectivity index (χ2v) is 13.7. The van der Waals surface area contributed by atoms with Gasteiger partial charge in [-0.25, -0.2) is 0 Å². The predicted octanol–water partition coefficient (Wildman–Crippen LogP) is 3.61. The molecule has 0 aromatic heterocycles. The summed E-state index contributed by atoms with van der Waals surface area (Å²) >= 11 is 3.52. The first-order valence-corrected chi connectivity index (χ1v) is 16.9. The number of ether oxygens (including phenoxy) is 1. The summed E-state index contributed by atoms with van der Waals surface area (Å²) in [4.78, 5) is 27.9. The van der Waals surface area contributed by atoms with Crippen molar-refractivity contribution in [3.05, 3.63) is 100 Å². The molecule has 2 unspecified atom stereocenters. The summed E-state index contributed by atoms with van der Waals surface area (Å²) in [5.74, 6) is 5.67. The Kier molecular flexibility index (Phi) is 11.3. The average molecular weight is 637 g/mol. The fourth-order valence-electron chi connectivity index (χ4n) is 4.79. The normalized spacial score (nSPS) is 15.4. The van der Waals surface area contributed by atoms with Gasteiger partial charge in [0, 0.05) is 31.2 Å². The summed E-state index contributed by atoms with van der Waals surface area (Å²) in [5, 5.41) is 1.02. The van der Waals surface area contributed by atoms with Crippen LogP contribution >= 0.6 is 11.6 Å². The molecule has 0 spiro atoms. The molecule has 1 heterocycles. The van der Waals surface area contributed by atoms with Crippen LogP contribution in [-0.4, -0.2) is 78.8 Å². The third-order valence-corrected chi connectivity index (χ3v) is 9.60. The van der Waals surface area contributed by atoms with E-state index in [2.05, 4.69) is 58.0 Å². The third-order valence-electron chi connectivity index (χ3n) is 6.92. The minimum absolute atomic E-state index is 0.155. The Labute approximate surface area is 250 Å². The van der Waals surface area contributed by atoms with Gasteiger partial charge in [-0.3, -0.25) is 4.90 Å². The van der Waals surface area contributed by atoms with Crippen LogP contribution in [0.15, 0.2) is 72.8 Å². The van der Waals surface area contributed by atoms with Gasteiger partial charge in [0.15, 0.2) is 0 Å². The molecule has 8 nitrogen and oxygen atoms in total. The van der Waals surface area contributed by atoms with Gasteiger partial charge in [0.05, 0.1) is 6.04 Å². The van der Waals surface area contributed by atoms with Gasteiger partial charge in [0.25, 0.3) is 0 Å². The molecule has 214 valence electrons. The summed E-state index contributed by atoms with van der Waals surface area (Å²) < 4.78 is 14.9. The van der Waals surface area contributed by atoms with Crippen LogP contribution in [0.5, 0.6) is 5.75 Å².